The molecule has 0 saturated carbocycles. The van der Waals surface area contributed by atoms with E-state index in [1.54, 1.807) is 11.3 Å². The number of carbonyl (C=O) groups excluding carboxylic acids is 1. The summed E-state index contributed by atoms with van der Waals surface area (Å²) >= 11 is 1.65. The molecule has 1 aromatic rings. The zero-order valence-corrected chi connectivity index (χ0v) is 11.2. The van der Waals surface area contributed by atoms with Crippen molar-refractivity contribution in [3.8, 4) is 0 Å². The number of thiazole rings is 1. The number of piperidine rings is 1. The predicted molar refractivity (Wildman–Crippen MR) is 70.5 cm³/mol. The van der Waals surface area contributed by atoms with Crippen LogP contribution < -0.4 is 5.32 Å². The fraction of sp³-hybridized carbons (Fsp3) is 0.667. The van der Waals surface area contributed by atoms with E-state index >= 15 is 0 Å². The van der Waals surface area contributed by atoms with E-state index in [-0.39, 0.29) is 6.03 Å². The van der Waals surface area contributed by atoms with Crippen LogP contribution in [0.4, 0.5) is 4.79 Å². The molecule has 0 bridgehead atoms. The van der Waals surface area contributed by atoms with Gasteiger partial charge < -0.3 is 10.2 Å². The highest BCUT2D eigenvalue weighted by atomic mass is 32.1. The lowest BCUT2D eigenvalue weighted by Crippen LogP contribution is -2.45. The number of hydrogen-bond donors (Lipinski definition) is 1. The lowest BCUT2D eigenvalue weighted by Gasteiger charge is -2.35. The van der Waals surface area contributed by atoms with Crippen molar-refractivity contribution in [3.05, 3.63) is 16.6 Å². The lowest BCUT2D eigenvalue weighted by molar-refractivity contribution is 0.131. The van der Waals surface area contributed by atoms with Crippen LogP contribution in [-0.2, 0) is 6.54 Å². The molecule has 1 aromatic heterocycles. The standard InChI is InChI=1S/C12H18N4OS/c17-12-13-3-6-16(12)11-1-4-15(5-2-11)7-10-8-18-9-14-10/h8-9,11H,1-7H2,(H,13,17). The summed E-state index contributed by atoms with van der Waals surface area (Å²) in [5.41, 5.74) is 3.05. The maximum Gasteiger partial charge on any atom is 0.317 e. The fourth-order valence-electron chi connectivity index (χ4n) is 2.77. The predicted octanol–water partition coefficient (Wildman–Crippen LogP) is 1.13. The van der Waals surface area contributed by atoms with Gasteiger partial charge in [-0.05, 0) is 12.8 Å². The zero-order valence-electron chi connectivity index (χ0n) is 10.3. The van der Waals surface area contributed by atoms with Gasteiger partial charge in [-0.25, -0.2) is 9.78 Å². The van der Waals surface area contributed by atoms with Gasteiger partial charge in [-0.1, -0.05) is 0 Å². The Morgan fingerprint density at radius 2 is 2.22 bits per heavy atom. The van der Waals surface area contributed by atoms with Gasteiger partial charge in [0.15, 0.2) is 0 Å². The molecule has 18 heavy (non-hydrogen) atoms. The molecule has 5 nitrogen and oxygen atoms in total. The first-order valence-electron chi connectivity index (χ1n) is 6.47. The number of hydrogen-bond acceptors (Lipinski definition) is 4. The van der Waals surface area contributed by atoms with E-state index in [2.05, 4.69) is 20.6 Å². The minimum atomic E-state index is 0.118. The van der Waals surface area contributed by atoms with Crippen molar-refractivity contribution in [3.63, 3.8) is 0 Å². The molecule has 3 rings (SSSR count). The van der Waals surface area contributed by atoms with Crippen LogP contribution in [0.5, 0.6) is 0 Å². The van der Waals surface area contributed by atoms with Crippen molar-refractivity contribution < 1.29 is 4.79 Å². The molecule has 6 heteroatoms. The molecule has 2 saturated heterocycles. The SMILES string of the molecule is O=C1NCCN1C1CCN(Cc2cscn2)CC1. The summed E-state index contributed by atoms with van der Waals surface area (Å²) in [5.74, 6) is 0. The van der Waals surface area contributed by atoms with Crippen LogP contribution in [0.25, 0.3) is 0 Å². The highest BCUT2D eigenvalue weighted by Crippen LogP contribution is 2.19. The first kappa shape index (κ1) is 11.9. The summed E-state index contributed by atoms with van der Waals surface area (Å²) in [6.45, 7) is 4.74. The van der Waals surface area contributed by atoms with Gasteiger partial charge in [-0.3, -0.25) is 4.90 Å². The first-order valence-corrected chi connectivity index (χ1v) is 7.41. The monoisotopic (exact) mass is 266 g/mol. The second kappa shape index (κ2) is 5.24. The molecule has 0 unspecified atom stereocenters. The van der Waals surface area contributed by atoms with Gasteiger partial charge in [0, 0.05) is 44.1 Å². The minimum absolute atomic E-state index is 0.118. The molecule has 1 N–H and O–H groups in total. The third-order valence-electron chi connectivity index (χ3n) is 3.76. The summed E-state index contributed by atoms with van der Waals surface area (Å²) in [4.78, 5) is 20.4. The van der Waals surface area contributed by atoms with Gasteiger partial charge in [0.25, 0.3) is 0 Å². The molecule has 2 aliphatic heterocycles. The Kier molecular flexibility index (Phi) is 3.47. The summed E-state index contributed by atoms with van der Waals surface area (Å²) in [7, 11) is 0. The average Bonchev–Trinajstić information content (AvgIpc) is 3.02. The number of nitrogens with one attached hydrogen (secondary N) is 1. The molecule has 0 radical (unpaired) electrons. The Labute approximate surface area is 111 Å². The van der Waals surface area contributed by atoms with Crippen LogP contribution in [0.15, 0.2) is 10.9 Å². The fourth-order valence-corrected chi connectivity index (χ4v) is 3.32. The maximum absolute atomic E-state index is 11.6. The highest BCUT2D eigenvalue weighted by molar-refractivity contribution is 7.07. The van der Waals surface area contributed by atoms with E-state index < -0.39 is 0 Å². The van der Waals surface area contributed by atoms with Crippen LogP contribution in [0.3, 0.4) is 0 Å². The van der Waals surface area contributed by atoms with Crippen LogP contribution in [-0.4, -0.2) is 53.0 Å². The molecule has 0 aromatic carbocycles. The number of aromatic nitrogens is 1. The van der Waals surface area contributed by atoms with E-state index in [0.717, 1.165) is 51.3 Å². The number of amides is 2. The van der Waals surface area contributed by atoms with E-state index in [4.69, 9.17) is 0 Å². The number of urea groups is 1. The molecule has 0 atom stereocenters. The number of likely N-dealkylation sites (tertiary alicyclic amines) is 1. The molecule has 2 amide bonds. The Hall–Kier alpha value is -1.14. The third-order valence-corrected chi connectivity index (χ3v) is 4.39. The molecular weight excluding hydrogens is 248 g/mol. The second-order valence-electron chi connectivity index (χ2n) is 4.91. The molecule has 2 aliphatic rings. The largest absolute Gasteiger partial charge is 0.336 e. The Morgan fingerprint density at radius 1 is 1.39 bits per heavy atom. The normalized spacial score (nSPS) is 22.4. The molecule has 0 aliphatic carbocycles. The summed E-state index contributed by atoms with van der Waals surface area (Å²) < 4.78 is 0. The quantitative estimate of drug-likeness (QED) is 0.892. The van der Waals surface area contributed by atoms with E-state index in [9.17, 15) is 4.79 Å². The highest BCUT2D eigenvalue weighted by Gasteiger charge is 2.30. The summed E-state index contributed by atoms with van der Waals surface area (Å²) in [6.07, 6.45) is 2.16. The van der Waals surface area contributed by atoms with Gasteiger partial charge in [0.2, 0.25) is 0 Å². The minimum Gasteiger partial charge on any atom is -0.336 e. The Bertz CT molecular complexity index is 400. The number of rotatable bonds is 3. The van der Waals surface area contributed by atoms with Crippen LogP contribution in [0, 0.1) is 0 Å². The number of carbonyl (C=O) groups is 1. The smallest absolute Gasteiger partial charge is 0.317 e. The van der Waals surface area contributed by atoms with E-state index in [0.29, 0.717) is 6.04 Å². The van der Waals surface area contributed by atoms with E-state index in [1.807, 2.05) is 10.4 Å². The van der Waals surface area contributed by atoms with Crippen molar-refractivity contribution in [1.82, 2.24) is 20.1 Å². The Morgan fingerprint density at radius 3 is 2.83 bits per heavy atom. The third kappa shape index (κ3) is 2.49. The van der Waals surface area contributed by atoms with Crippen LogP contribution in [0.2, 0.25) is 0 Å². The molecular formula is C12H18N4OS. The van der Waals surface area contributed by atoms with Crippen molar-refractivity contribution in [2.45, 2.75) is 25.4 Å². The van der Waals surface area contributed by atoms with Crippen molar-refractivity contribution in [1.29, 1.82) is 0 Å². The van der Waals surface area contributed by atoms with Gasteiger partial charge in [-0.2, -0.15) is 0 Å². The van der Waals surface area contributed by atoms with Gasteiger partial charge in [0.05, 0.1) is 11.2 Å². The zero-order chi connectivity index (χ0) is 12.4. The van der Waals surface area contributed by atoms with E-state index in [1.165, 1.54) is 0 Å². The van der Waals surface area contributed by atoms with Gasteiger partial charge in [-0.15, -0.1) is 11.3 Å². The summed E-state index contributed by atoms with van der Waals surface area (Å²) in [6, 6.07) is 0.548. The molecule has 0 spiro atoms. The lowest BCUT2D eigenvalue weighted by atomic mass is 10.0. The van der Waals surface area contributed by atoms with Gasteiger partial charge in [0.1, 0.15) is 0 Å². The Balaban J connectivity index is 1.50. The molecule has 98 valence electrons. The topological polar surface area (TPSA) is 48.5 Å². The van der Waals surface area contributed by atoms with Crippen molar-refractivity contribution in [2.75, 3.05) is 26.2 Å². The maximum atomic E-state index is 11.6. The van der Waals surface area contributed by atoms with Crippen LogP contribution in [0.1, 0.15) is 18.5 Å². The average molecular weight is 266 g/mol. The first-order chi connectivity index (χ1) is 8.83. The summed E-state index contributed by atoms with van der Waals surface area (Å²) in [5, 5.41) is 4.99. The van der Waals surface area contributed by atoms with Crippen LogP contribution >= 0.6 is 11.3 Å². The van der Waals surface area contributed by atoms with Gasteiger partial charge >= 0.3 is 6.03 Å². The van der Waals surface area contributed by atoms with Crippen molar-refractivity contribution >= 4 is 17.4 Å². The molecule has 2 fully saturated rings. The number of nitrogens with zero attached hydrogens (tertiary/aromatic N) is 3. The molecule has 3 heterocycles. The van der Waals surface area contributed by atoms with Crippen molar-refractivity contribution in [2.24, 2.45) is 0 Å². The second-order valence-corrected chi connectivity index (χ2v) is 5.63.